The Morgan fingerprint density at radius 2 is 1.84 bits per heavy atom. The predicted octanol–water partition coefficient (Wildman–Crippen LogP) is 6.94. The van der Waals surface area contributed by atoms with Gasteiger partial charge < -0.3 is 14.6 Å². The van der Waals surface area contributed by atoms with Gasteiger partial charge in [-0.1, -0.05) is 77.7 Å². The van der Waals surface area contributed by atoms with Crippen molar-refractivity contribution in [1.82, 2.24) is 10.2 Å². The highest BCUT2D eigenvalue weighted by Gasteiger charge is 2.48. The minimum Gasteiger partial charge on any atom is -0.507 e. The monoisotopic (exact) mass is 621 g/mol. The lowest BCUT2D eigenvalue weighted by Gasteiger charge is -2.22. The molecule has 220 valence electrons. The molecule has 2 atom stereocenters. The van der Waals surface area contributed by atoms with Crippen molar-refractivity contribution in [3.05, 3.63) is 113 Å². The minimum atomic E-state index is -0.909. The van der Waals surface area contributed by atoms with Crippen LogP contribution in [0.15, 0.2) is 94.8 Å². The third-order valence-electron chi connectivity index (χ3n) is 7.88. The summed E-state index contributed by atoms with van der Waals surface area (Å²) in [6.07, 6.45) is 0.717. The summed E-state index contributed by atoms with van der Waals surface area (Å²) >= 11 is 2.76. The van der Waals surface area contributed by atoms with E-state index >= 15 is 0 Å². The van der Waals surface area contributed by atoms with Crippen LogP contribution in [-0.4, -0.2) is 40.2 Å². The van der Waals surface area contributed by atoms with Crippen molar-refractivity contribution in [2.24, 2.45) is 0 Å². The van der Waals surface area contributed by atoms with E-state index in [4.69, 9.17) is 9.47 Å². The number of ketones is 1. The predicted molar refractivity (Wildman–Crippen MR) is 171 cm³/mol. The number of fused-ring (bicyclic) bond motifs is 2. The SMILES string of the molecule is COc1ccc([C@H]2C(=C(O)c3ccc4c(c3)C[C@H](C)O4)C(=O)C(=O)N2c2nnc(SCc3cccc4ccccc34)s2)cc1. The maximum atomic E-state index is 13.6. The van der Waals surface area contributed by atoms with Crippen LogP contribution in [0, 0.1) is 0 Å². The van der Waals surface area contributed by atoms with Crippen molar-refractivity contribution >= 4 is 56.5 Å². The molecule has 1 aromatic heterocycles. The Labute approximate surface area is 262 Å². The van der Waals surface area contributed by atoms with E-state index < -0.39 is 17.7 Å². The summed E-state index contributed by atoms with van der Waals surface area (Å²) in [7, 11) is 1.57. The van der Waals surface area contributed by atoms with Gasteiger partial charge in [0.25, 0.3) is 5.78 Å². The van der Waals surface area contributed by atoms with Crippen LogP contribution < -0.4 is 14.4 Å². The van der Waals surface area contributed by atoms with Crippen molar-refractivity contribution in [3.63, 3.8) is 0 Å². The normalized spacial score (nSPS) is 18.9. The molecular weight excluding hydrogens is 595 g/mol. The van der Waals surface area contributed by atoms with Gasteiger partial charge in [-0.05, 0) is 64.7 Å². The number of carbonyl (C=O) groups excluding carboxylic acids is 2. The first kappa shape index (κ1) is 28.1. The van der Waals surface area contributed by atoms with Gasteiger partial charge in [-0.3, -0.25) is 14.5 Å². The van der Waals surface area contributed by atoms with Crippen LogP contribution in [-0.2, 0) is 21.8 Å². The quantitative estimate of drug-likeness (QED) is 0.0686. The number of carbonyl (C=O) groups is 2. The van der Waals surface area contributed by atoms with Crippen LogP contribution in [0.5, 0.6) is 11.5 Å². The Kier molecular flexibility index (Phi) is 7.31. The summed E-state index contributed by atoms with van der Waals surface area (Å²) in [5.74, 6) is 0.243. The van der Waals surface area contributed by atoms with E-state index in [1.54, 1.807) is 43.5 Å². The van der Waals surface area contributed by atoms with Crippen LogP contribution in [0.1, 0.15) is 35.2 Å². The van der Waals surface area contributed by atoms with E-state index in [0.717, 1.165) is 22.3 Å². The van der Waals surface area contributed by atoms with Gasteiger partial charge in [-0.15, -0.1) is 10.2 Å². The van der Waals surface area contributed by atoms with Crippen molar-refractivity contribution in [1.29, 1.82) is 0 Å². The maximum absolute atomic E-state index is 13.6. The average molecular weight is 622 g/mol. The Morgan fingerprint density at radius 1 is 1.05 bits per heavy atom. The van der Waals surface area contributed by atoms with E-state index in [1.807, 2.05) is 31.2 Å². The van der Waals surface area contributed by atoms with Gasteiger partial charge in [-0.25, -0.2) is 0 Å². The number of rotatable bonds is 7. The highest BCUT2D eigenvalue weighted by molar-refractivity contribution is 8.00. The zero-order valence-corrected chi connectivity index (χ0v) is 25.5. The number of methoxy groups -OCH3 is 1. The van der Waals surface area contributed by atoms with Crippen LogP contribution in [0.2, 0.25) is 0 Å². The standard InChI is InChI=1S/C34H27N3O5S2/c1-19-16-24-17-22(12-15-27(24)42-19)30(38)28-29(21-10-13-25(41-2)14-11-21)37(32(40)31(28)39)33-35-36-34(44-33)43-18-23-8-5-7-20-6-3-4-9-26(20)23/h3-15,17,19,29,38H,16,18H2,1-2H3/t19-,29-/m0/s1. The molecular formula is C34H27N3O5S2. The molecule has 0 radical (unpaired) electrons. The van der Waals surface area contributed by atoms with Gasteiger partial charge in [0.15, 0.2) is 4.34 Å². The van der Waals surface area contributed by atoms with Gasteiger partial charge in [0.05, 0.1) is 18.7 Å². The van der Waals surface area contributed by atoms with Crippen molar-refractivity contribution in [2.75, 3.05) is 12.0 Å². The van der Waals surface area contributed by atoms with Crippen molar-refractivity contribution < 1.29 is 24.2 Å². The van der Waals surface area contributed by atoms with Crippen LogP contribution in [0.25, 0.3) is 16.5 Å². The number of benzene rings is 4. The zero-order valence-electron chi connectivity index (χ0n) is 23.9. The topological polar surface area (TPSA) is 102 Å². The minimum absolute atomic E-state index is 0.00719. The number of ether oxygens (including phenoxy) is 2. The molecule has 10 heteroatoms. The molecule has 5 aromatic rings. The molecule has 0 aliphatic carbocycles. The lowest BCUT2D eigenvalue weighted by atomic mass is 9.94. The average Bonchev–Trinajstić information content (AvgIpc) is 3.74. The first-order chi connectivity index (χ1) is 21.4. The number of aliphatic hydroxyl groups excluding tert-OH is 1. The second-order valence-corrected chi connectivity index (χ2v) is 12.9. The Balaban J connectivity index is 1.25. The molecule has 44 heavy (non-hydrogen) atoms. The summed E-state index contributed by atoms with van der Waals surface area (Å²) < 4.78 is 11.8. The highest BCUT2D eigenvalue weighted by atomic mass is 32.2. The van der Waals surface area contributed by atoms with Gasteiger partial charge in [-0.2, -0.15) is 0 Å². The Morgan fingerprint density at radius 3 is 2.66 bits per heavy atom. The van der Waals surface area contributed by atoms with E-state index in [1.165, 1.54) is 33.4 Å². The number of hydrogen-bond donors (Lipinski definition) is 1. The molecule has 1 N–H and O–H groups in total. The molecule has 0 unspecified atom stereocenters. The van der Waals surface area contributed by atoms with Gasteiger partial charge >= 0.3 is 5.91 Å². The molecule has 7 rings (SSSR count). The number of thioether (sulfide) groups is 1. The van der Waals surface area contributed by atoms with Crippen LogP contribution >= 0.6 is 23.1 Å². The molecule has 8 nitrogen and oxygen atoms in total. The summed E-state index contributed by atoms with van der Waals surface area (Å²) in [5.41, 5.74) is 3.17. The van der Waals surface area contributed by atoms with Crippen LogP contribution in [0.3, 0.4) is 0 Å². The van der Waals surface area contributed by atoms with Gasteiger partial charge in [0.2, 0.25) is 5.13 Å². The molecule has 2 aliphatic rings. The van der Waals surface area contributed by atoms with Gasteiger partial charge in [0.1, 0.15) is 23.4 Å². The molecule has 0 spiro atoms. The summed E-state index contributed by atoms with van der Waals surface area (Å²) in [6.45, 7) is 1.98. The molecule has 2 aliphatic heterocycles. The molecule has 1 saturated heterocycles. The fraction of sp³-hybridized carbons (Fsp3) is 0.176. The highest BCUT2D eigenvalue weighted by Crippen LogP contribution is 2.45. The number of aromatic nitrogens is 2. The van der Waals surface area contributed by atoms with Crippen molar-refractivity contribution in [2.45, 2.75) is 35.6 Å². The van der Waals surface area contributed by atoms with E-state index in [2.05, 4.69) is 34.5 Å². The first-order valence-electron chi connectivity index (χ1n) is 14.1. The molecule has 4 aromatic carbocycles. The third kappa shape index (κ3) is 4.99. The van der Waals surface area contributed by atoms with E-state index in [9.17, 15) is 14.7 Å². The molecule has 1 amide bonds. The number of amides is 1. The fourth-order valence-electron chi connectivity index (χ4n) is 5.77. The number of hydrogen-bond acceptors (Lipinski definition) is 9. The maximum Gasteiger partial charge on any atom is 0.301 e. The lowest BCUT2D eigenvalue weighted by Crippen LogP contribution is -2.29. The third-order valence-corrected chi connectivity index (χ3v) is 9.98. The largest absolute Gasteiger partial charge is 0.507 e. The Bertz CT molecular complexity index is 1950. The summed E-state index contributed by atoms with van der Waals surface area (Å²) in [4.78, 5) is 28.6. The zero-order chi connectivity index (χ0) is 30.4. The number of aliphatic hydroxyl groups is 1. The van der Waals surface area contributed by atoms with Crippen LogP contribution in [0.4, 0.5) is 5.13 Å². The number of anilines is 1. The fourth-order valence-corrected chi connectivity index (χ4v) is 7.64. The molecule has 1 fully saturated rings. The number of Topliss-reactive ketones (excluding diaryl/α,β-unsaturated/α-hetero) is 1. The number of nitrogens with zero attached hydrogens (tertiary/aromatic N) is 3. The van der Waals surface area contributed by atoms with Crippen molar-refractivity contribution in [3.8, 4) is 11.5 Å². The summed E-state index contributed by atoms with van der Waals surface area (Å²) in [6, 6.07) is 25.9. The summed E-state index contributed by atoms with van der Waals surface area (Å²) in [5, 5.41) is 22.9. The second-order valence-electron chi connectivity index (χ2n) is 10.7. The molecule has 0 saturated carbocycles. The van der Waals surface area contributed by atoms with E-state index in [0.29, 0.717) is 33.4 Å². The lowest BCUT2D eigenvalue weighted by molar-refractivity contribution is -0.132. The smallest absolute Gasteiger partial charge is 0.301 e. The Hall–Kier alpha value is -4.67. The first-order valence-corrected chi connectivity index (χ1v) is 15.9. The van der Waals surface area contributed by atoms with Gasteiger partial charge in [0, 0.05) is 17.7 Å². The molecule has 0 bridgehead atoms. The molecule has 3 heterocycles. The second kappa shape index (κ2) is 11.4. The van der Waals surface area contributed by atoms with E-state index in [-0.39, 0.29) is 22.6 Å².